The van der Waals surface area contributed by atoms with Crippen LogP contribution in [-0.2, 0) is 0 Å². The number of hydrogen-bond acceptors (Lipinski definition) is 3. The Hall–Kier alpha value is -1.55. The Morgan fingerprint density at radius 2 is 2.10 bits per heavy atom. The molecule has 3 heterocycles. The lowest BCUT2D eigenvalue weighted by molar-refractivity contribution is 0.0628. The maximum Gasteiger partial charge on any atom is 0.263 e. The molecule has 3 nitrogen and oxygen atoms in total. The first-order valence-corrected chi connectivity index (χ1v) is 7.93. The molecular formula is C16H19NO2S. The molecule has 0 spiro atoms. The molecule has 3 rings (SSSR count). The van der Waals surface area contributed by atoms with Crippen molar-refractivity contribution >= 4 is 17.2 Å². The number of rotatable bonds is 2. The lowest BCUT2D eigenvalue weighted by Gasteiger charge is -2.34. The summed E-state index contributed by atoms with van der Waals surface area (Å²) in [6, 6.07) is 5.72. The summed E-state index contributed by atoms with van der Waals surface area (Å²) in [5.41, 5.74) is 0.987. The quantitative estimate of drug-likeness (QED) is 0.833. The topological polar surface area (TPSA) is 33.5 Å². The number of hydrogen-bond donors (Lipinski definition) is 0. The second-order valence-corrected chi connectivity index (χ2v) is 6.74. The summed E-state index contributed by atoms with van der Waals surface area (Å²) >= 11 is 1.50. The molecule has 1 fully saturated rings. The van der Waals surface area contributed by atoms with Crippen molar-refractivity contribution in [2.24, 2.45) is 11.8 Å². The van der Waals surface area contributed by atoms with Gasteiger partial charge in [-0.2, -0.15) is 0 Å². The minimum atomic E-state index is 0.159. The van der Waals surface area contributed by atoms with Crippen molar-refractivity contribution in [2.75, 3.05) is 13.1 Å². The van der Waals surface area contributed by atoms with Gasteiger partial charge in [-0.3, -0.25) is 4.79 Å². The highest BCUT2D eigenvalue weighted by Gasteiger charge is 2.27. The Kier molecular flexibility index (Phi) is 3.66. The predicted molar refractivity (Wildman–Crippen MR) is 80.9 cm³/mol. The van der Waals surface area contributed by atoms with Gasteiger partial charge in [-0.25, -0.2) is 0 Å². The molecule has 0 radical (unpaired) electrons. The van der Waals surface area contributed by atoms with Gasteiger partial charge in [-0.15, -0.1) is 11.3 Å². The van der Waals surface area contributed by atoms with Crippen LogP contribution in [0.15, 0.2) is 34.3 Å². The van der Waals surface area contributed by atoms with Crippen LogP contribution in [-0.4, -0.2) is 23.9 Å². The molecule has 1 aliphatic rings. The lowest BCUT2D eigenvalue weighted by atomic mass is 9.92. The summed E-state index contributed by atoms with van der Waals surface area (Å²) in [7, 11) is 0. The largest absolute Gasteiger partial charge is 0.464 e. The molecule has 0 aromatic carbocycles. The fourth-order valence-electron chi connectivity index (χ4n) is 3.01. The summed E-state index contributed by atoms with van der Waals surface area (Å²) < 4.78 is 5.37. The number of likely N-dealkylation sites (tertiary alicyclic amines) is 1. The predicted octanol–water partition coefficient (Wildman–Crippen LogP) is 4.13. The van der Waals surface area contributed by atoms with Crippen molar-refractivity contribution in [2.45, 2.75) is 20.3 Å². The van der Waals surface area contributed by atoms with Gasteiger partial charge in [0, 0.05) is 24.0 Å². The summed E-state index contributed by atoms with van der Waals surface area (Å²) in [5, 5.41) is 1.99. The van der Waals surface area contributed by atoms with E-state index in [9.17, 15) is 4.79 Å². The number of thiophene rings is 1. The molecule has 20 heavy (non-hydrogen) atoms. The van der Waals surface area contributed by atoms with Crippen LogP contribution in [0.4, 0.5) is 0 Å². The Balaban J connectivity index is 1.77. The van der Waals surface area contributed by atoms with E-state index in [0.717, 1.165) is 29.3 Å². The molecule has 2 aromatic rings. The average Bonchev–Trinajstić information content (AvgIpc) is 3.07. The SMILES string of the molecule is C[C@@H]1C[C@H](C)CN(C(=O)c2cc(-c3ccco3)cs2)C1. The molecule has 0 bridgehead atoms. The van der Waals surface area contributed by atoms with Gasteiger partial charge in [0.05, 0.1) is 11.1 Å². The van der Waals surface area contributed by atoms with Gasteiger partial charge < -0.3 is 9.32 Å². The summed E-state index contributed by atoms with van der Waals surface area (Å²) in [6.45, 7) is 6.19. The first-order valence-electron chi connectivity index (χ1n) is 7.05. The summed E-state index contributed by atoms with van der Waals surface area (Å²) in [4.78, 5) is 15.4. The molecule has 1 saturated heterocycles. The van der Waals surface area contributed by atoms with E-state index in [1.165, 1.54) is 17.8 Å². The number of carbonyl (C=O) groups is 1. The second-order valence-electron chi connectivity index (χ2n) is 5.83. The Bertz CT molecular complexity index is 577. The van der Waals surface area contributed by atoms with Gasteiger partial charge in [-0.1, -0.05) is 13.8 Å². The van der Waals surface area contributed by atoms with Crippen LogP contribution in [0.2, 0.25) is 0 Å². The zero-order valence-corrected chi connectivity index (χ0v) is 12.7. The van der Waals surface area contributed by atoms with Crippen LogP contribution in [0.5, 0.6) is 0 Å². The molecule has 0 saturated carbocycles. The smallest absolute Gasteiger partial charge is 0.263 e. The Labute approximate surface area is 123 Å². The first kappa shape index (κ1) is 13.4. The molecule has 0 aliphatic carbocycles. The minimum absolute atomic E-state index is 0.159. The number of carbonyl (C=O) groups excluding carboxylic acids is 1. The van der Waals surface area contributed by atoms with Gasteiger partial charge in [0.25, 0.3) is 5.91 Å². The van der Waals surface area contributed by atoms with E-state index in [2.05, 4.69) is 13.8 Å². The zero-order valence-electron chi connectivity index (χ0n) is 11.8. The number of piperidine rings is 1. The first-order chi connectivity index (χ1) is 9.63. The summed E-state index contributed by atoms with van der Waals surface area (Å²) in [5.74, 6) is 2.16. The van der Waals surface area contributed by atoms with Crippen LogP contribution >= 0.6 is 11.3 Å². The van der Waals surface area contributed by atoms with E-state index >= 15 is 0 Å². The lowest BCUT2D eigenvalue weighted by Crippen LogP contribution is -2.42. The van der Waals surface area contributed by atoms with E-state index < -0.39 is 0 Å². The maximum atomic E-state index is 12.6. The third-order valence-corrected chi connectivity index (χ3v) is 4.69. The molecule has 4 heteroatoms. The molecule has 1 amide bonds. The molecule has 1 aliphatic heterocycles. The standard InChI is InChI=1S/C16H19NO2S/c1-11-6-12(2)9-17(8-11)16(18)15-7-13(10-20-15)14-4-3-5-19-14/h3-5,7,10-12H,6,8-9H2,1-2H3/t11-,12+. The van der Waals surface area contributed by atoms with Crippen molar-refractivity contribution in [1.82, 2.24) is 4.90 Å². The molecule has 2 aromatic heterocycles. The fourth-order valence-corrected chi connectivity index (χ4v) is 3.87. The van der Waals surface area contributed by atoms with E-state index in [4.69, 9.17) is 4.42 Å². The van der Waals surface area contributed by atoms with Crippen molar-refractivity contribution < 1.29 is 9.21 Å². The van der Waals surface area contributed by atoms with Crippen LogP contribution < -0.4 is 0 Å². The van der Waals surface area contributed by atoms with E-state index in [0.29, 0.717) is 11.8 Å². The highest BCUT2D eigenvalue weighted by molar-refractivity contribution is 7.12. The number of furan rings is 1. The fraction of sp³-hybridized carbons (Fsp3) is 0.438. The highest BCUT2D eigenvalue weighted by Crippen LogP contribution is 2.28. The normalized spacial score (nSPS) is 23.0. The average molecular weight is 289 g/mol. The molecule has 0 unspecified atom stereocenters. The van der Waals surface area contributed by atoms with Crippen LogP contribution in [0.1, 0.15) is 29.9 Å². The van der Waals surface area contributed by atoms with Gasteiger partial charge in [0.2, 0.25) is 0 Å². The molecule has 2 atom stereocenters. The number of amides is 1. The summed E-state index contributed by atoms with van der Waals surface area (Å²) in [6.07, 6.45) is 2.87. The van der Waals surface area contributed by atoms with E-state index in [-0.39, 0.29) is 5.91 Å². The molecule has 0 N–H and O–H groups in total. The van der Waals surface area contributed by atoms with E-state index in [1.807, 2.05) is 28.5 Å². The van der Waals surface area contributed by atoms with Gasteiger partial charge in [-0.05, 0) is 36.5 Å². The van der Waals surface area contributed by atoms with Crippen LogP contribution in [0.3, 0.4) is 0 Å². The molecule has 106 valence electrons. The highest BCUT2D eigenvalue weighted by atomic mass is 32.1. The van der Waals surface area contributed by atoms with Crippen molar-refractivity contribution in [1.29, 1.82) is 0 Å². The van der Waals surface area contributed by atoms with Crippen LogP contribution in [0, 0.1) is 11.8 Å². The van der Waals surface area contributed by atoms with Gasteiger partial charge in [0.1, 0.15) is 5.76 Å². The van der Waals surface area contributed by atoms with E-state index in [1.54, 1.807) is 6.26 Å². The Morgan fingerprint density at radius 1 is 1.35 bits per heavy atom. The zero-order chi connectivity index (χ0) is 14.1. The second kappa shape index (κ2) is 5.44. The van der Waals surface area contributed by atoms with Crippen molar-refractivity contribution in [3.05, 3.63) is 34.7 Å². The maximum absolute atomic E-state index is 12.6. The minimum Gasteiger partial charge on any atom is -0.464 e. The molecular weight excluding hydrogens is 270 g/mol. The third kappa shape index (κ3) is 2.66. The number of nitrogens with zero attached hydrogens (tertiary/aromatic N) is 1. The van der Waals surface area contributed by atoms with Crippen molar-refractivity contribution in [3.63, 3.8) is 0 Å². The monoisotopic (exact) mass is 289 g/mol. The van der Waals surface area contributed by atoms with Crippen molar-refractivity contribution in [3.8, 4) is 11.3 Å². The Morgan fingerprint density at radius 3 is 2.75 bits per heavy atom. The third-order valence-electron chi connectivity index (χ3n) is 3.77. The van der Waals surface area contributed by atoms with Gasteiger partial charge in [0.15, 0.2) is 0 Å². The van der Waals surface area contributed by atoms with Gasteiger partial charge >= 0.3 is 0 Å². The van der Waals surface area contributed by atoms with Crippen LogP contribution in [0.25, 0.3) is 11.3 Å².